The number of halogens is 4. The first-order valence-electron chi connectivity index (χ1n) is 11.7. The molecule has 4 nitrogen and oxygen atoms in total. The molecule has 0 unspecified atom stereocenters. The highest BCUT2D eigenvalue weighted by Gasteiger charge is 2.36. The molecule has 2 heterocycles. The smallest absolute Gasteiger partial charge is 0.417 e. The molecule has 0 radical (unpaired) electrons. The van der Waals surface area contributed by atoms with Crippen molar-refractivity contribution in [1.82, 2.24) is 14.8 Å². The number of unbranched alkanes of at least 4 members (excludes halogenated alkanes) is 3. The van der Waals surface area contributed by atoms with Crippen molar-refractivity contribution >= 4 is 22.6 Å². The van der Waals surface area contributed by atoms with Crippen molar-refractivity contribution in [2.45, 2.75) is 52.6 Å². The summed E-state index contributed by atoms with van der Waals surface area (Å²) in [4.78, 5) is 4.61. The number of fused-ring (bicyclic) bond motifs is 1. The number of hydrogen-bond donors (Lipinski definition) is 0. The van der Waals surface area contributed by atoms with Crippen LogP contribution in [0.25, 0.3) is 28.0 Å². The van der Waals surface area contributed by atoms with Gasteiger partial charge in [-0.15, -0.1) is 0 Å². The molecular weight excluding hydrogens is 475 g/mol. The van der Waals surface area contributed by atoms with E-state index in [2.05, 4.69) is 17.0 Å². The van der Waals surface area contributed by atoms with Crippen LogP contribution in [0.3, 0.4) is 0 Å². The highest BCUT2D eigenvalue weighted by molar-refractivity contribution is 6.31. The van der Waals surface area contributed by atoms with Crippen LogP contribution in [-0.2, 0) is 6.18 Å². The number of aryl methyl sites for hydroxylation is 2. The van der Waals surface area contributed by atoms with Gasteiger partial charge in [-0.25, -0.2) is 9.67 Å². The summed E-state index contributed by atoms with van der Waals surface area (Å²) in [5, 5.41) is 4.86. The summed E-state index contributed by atoms with van der Waals surface area (Å²) in [5.74, 6) is 0.678. The molecule has 0 fully saturated rings. The Morgan fingerprint density at radius 3 is 2.37 bits per heavy atom. The van der Waals surface area contributed by atoms with Crippen LogP contribution in [0.1, 0.15) is 49.4 Å². The third-order valence-corrected chi connectivity index (χ3v) is 6.34. The molecule has 4 aromatic rings. The number of nitrogens with zero attached hydrogens (tertiary/aromatic N) is 3. The summed E-state index contributed by atoms with van der Waals surface area (Å²) < 4.78 is 49.5. The first-order valence-corrected chi connectivity index (χ1v) is 12.0. The second-order valence-corrected chi connectivity index (χ2v) is 9.02. The fourth-order valence-corrected chi connectivity index (χ4v) is 4.17. The number of pyridine rings is 1. The molecule has 0 aliphatic heterocycles. The molecular formula is C27H27ClF3N3O. The predicted molar refractivity (Wildman–Crippen MR) is 133 cm³/mol. The number of alkyl halides is 3. The monoisotopic (exact) mass is 501 g/mol. The number of benzene rings is 2. The number of rotatable bonds is 8. The number of ether oxygens (including phenoxy) is 1. The van der Waals surface area contributed by atoms with Gasteiger partial charge in [0, 0.05) is 10.6 Å². The van der Waals surface area contributed by atoms with Crippen molar-refractivity contribution < 1.29 is 17.9 Å². The summed E-state index contributed by atoms with van der Waals surface area (Å²) >= 11 is 6.28. The van der Waals surface area contributed by atoms with E-state index in [1.165, 1.54) is 11.1 Å². The maximum absolute atomic E-state index is 14.1. The van der Waals surface area contributed by atoms with Crippen LogP contribution in [-0.4, -0.2) is 21.4 Å². The summed E-state index contributed by atoms with van der Waals surface area (Å²) in [5.41, 5.74) is 1.78. The van der Waals surface area contributed by atoms with E-state index < -0.39 is 11.7 Å². The molecule has 2 aromatic carbocycles. The van der Waals surface area contributed by atoms with Crippen molar-refractivity contribution in [3.63, 3.8) is 0 Å². The molecule has 0 N–H and O–H groups in total. The van der Waals surface area contributed by atoms with Crippen LogP contribution in [0.4, 0.5) is 13.2 Å². The zero-order chi connectivity index (χ0) is 25.2. The van der Waals surface area contributed by atoms with E-state index in [1.807, 2.05) is 6.92 Å². The normalized spacial score (nSPS) is 11.9. The summed E-state index contributed by atoms with van der Waals surface area (Å²) in [6.45, 7) is 6.17. The van der Waals surface area contributed by atoms with Gasteiger partial charge in [0.25, 0.3) is 0 Å². The van der Waals surface area contributed by atoms with Gasteiger partial charge in [-0.2, -0.15) is 18.3 Å². The predicted octanol–water partition coefficient (Wildman–Crippen LogP) is 8.34. The second kappa shape index (κ2) is 10.3. The average molecular weight is 502 g/mol. The minimum Gasteiger partial charge on any atom is -0.494 e. The van der Waals surface area contributed by atoms with Gasteiger partial charge < -0.3 is 4.74 Å². The molecule has 0 saturated heterocycles. The fraction of sp³-hybridized carbons (Fsp3) is 0.333. The van der Waals surface area contributed by atoms with Crippen molar-refractivity contribution in [1.29, 1.82) is 0 Å². The Kier molecular flexibility index (Phi) is 7.36. The van der Waals surface area contributed by atoms with Gasteiger partial charge in [0.2, 0.25) is 0 Å². The van der Waals surface area contributed by atoms with Gasteiger partial charge in [0.15, 0.2) is 5.65 Å². The molecule has 0 aliphatic rings. The van der Waals surface area contributed by atoms with Crippen molar-refractivity contribution in [2.24, 2.45) is 0 Å². The minimum atomic E-state index is -4.57. The molecule has 0 bridgehead atoms. The molecule has 35 heavy (non-hydrogen) atoms. The van der Waals surface area contributed by atoms with Crippen LogP contribution in [0.15, 0.2) is 48.5 Å². The SMILES string of the molecule is CCCCCCOc1ccc(-c2cc(C(F)(F)F)c3c(C)nn(-c4ccc(C)c(Cl)c4)c3n2)cc1. The van der Waals surface area contributed by atoms with Crippen LogP contribution in [0, 0.1) is 13.8 Å². The molecule has 0 amide bonds. The Labute approximate surface area is 207 Å². The van der Waals surface area contributed by atoms with Gasteiger partial charge >= 0.3 is 6.18 Å². The Balaban J connectivity index is 1.75. The summed E-state index contributed by atoms with van der Waals surface area (Å²) in [7, 11) is 0. The zero-order valence-corrected chi connectivity index (χ0v) is 20.7. The van der Waals surface area contributed by atoms with E-state index in [1.54, 1.807) is 49.4 Å². The highest BCUT2D eigenvalue weighted by Crippen LogP contribution is 2.39. The van der Waals surface area contributed by atoms with Crippen LogP contribution in [0.2, 0.25) is 5.02 Å². The Bertz CT molecular complexity index is 1330. The van der Waals surface area contributed by atoms with Gasteiger partial charge in [-0.05, 0) is 68.3 Å². The molecule has 4 rings (SSSR count). The average Bonchev–Trinajstić information content (AvgIpc) is 3.16. The largest absolute Gasteiger partial charge is 0.494 e. The Morgan fingerprint density at radius 2 is 1.71 bits per heavy atom. The lowest BCUT2D eigenvalue weighted by Gasteiger charge is -2.12. The highest BCUT2D eigenvalue weighted by atomic mass is 35.5. The molecule has 184 valence electrons. The topological polar surface area (TPSA) is 39.9 Å². The van der Waals surface area contributed by atoms with Gasteiger partial charge in [-0.1, -0.05) is 43.9 Å². The standard InChI is InChI=1S/C27H27ClF3N3O/c1-4-5-6-7-14-35-21-12-9-19(10-13-21)24-16-22(27(29,30)31)25-18(3)33-34(26(25)32-24)20-11-8-17(2)23(28)15-20/h8-13,15-16H,4-7,14H2,1-3H3. The molecule has 0 saturated carbocycles. The lowest BCUT2D eigenvalue weighted by atomic mass is 10.0. The van der Waals surface area contributed by atoms with E-state index in [4.69, 9.17) is 16.3 Å². The molecule has 8 heteroatoms. The van der Waals surface area contributed by atoms with E-state index in [0.717, 1.165) is 30.9 Å². The van der Waals surface area contributed by atoms with Gasteiger partial charge in [-0.3, -0.25) is 0 Å². The zero-order valence-electron chi connectivity index (χ0n) is 19.9. The van der Waals surface area contributed by atoms with Crippen molar-refractivity contribution in [3.05, 3.63) is 70.4 Å². The van der Waals surface area contributed by atoms with Crippen LogP contribution < -0.4 is 4.74 Å². The number of hydrogen-bond acceptors (Lipinski definition) is 3. The lowest BCUT2D eigenvalue weighted by molar-refractivity contribution is -0.136. The fourth-order valence-electron chi connectivity index (χ4n) is 3.99. The maximum atomic E-state index is 14.1. The van der Waals surface area contributed by atoms with Gasteiger partial charge in [0.1, 0.15) is 5.75 Å². The maximum Gasteiger partial charge on any atom is 0.417 e. The minimum absolute atomic E-state index is 0.0232. The van der Waals surface area contributed by atoms with E-state index in [9.17, 15) is 13.2 Å². The Morgan fingerprint density at radius 1 is 0.971 bits per heavy atom. The first-order chi connectivity index (χ1) is 16.7. The number of aromatic nitrogens is 3. The second-order valence-electron chi connectivity index (χ2n) is 8.62. The lowest BCUT2D eigenvalue weighted by Crippen LogP contribution is -2.08. The molecule has 0 aliphatic carbocycles. The molecule has 0 atom stereocenters. The van der Waals surface area contributed by atoms with E-state index >= 15 is 0 Å². The Hall–Kier alpha value is -3.06. The summed E-state index contributed by atoms with van der Waals surface area (Å²) in [6.07, 6.45) is -0.168. The van der Waals surface area contributed by atoms with Crippen LogP contribution >= 0.6 is 11.6 Å². The third kappa shape index (κ3) is 5.45. The van der Waals surface area contributed by atoms with Crippen LogP contribution in [0.5, 0.6) is 5.75 Å². The summed E-state index contributed by atoms with van der Waals surface area (Å²) in [6, 6.07) is 13.3. The van der Waals surface area contributed by atoms with Crippen molar-refractivity contribution in [3.8, 4) is 22.7 Å². The molecule has 2 aromatic heterocycles. The van der Waals surface area contributed by atoms with Gasteiger partial charge in [0.05, 0.1) is 34.6 Å². The molecule has 0 spiro atoms. The van der Waals surface area contributed by atoms with E-state index in [-0.39, 0.29) is 22.4 Å². The quantitative estimate of drug-likeness (QED) is 0.228. The van der Waals surface area contributed by atoms with E-state index in [0.29, 0.717) is 28.6 Å². The van der Waals surface area contributed by atoms with Crippen molar-refractivity contribution in [2.75, 3.05) is 6.61 Å². The first kappa shape index (κ1) is 25.0. The third-order valence-electron chi connectivity index (χ3n) is 5.93.